The molecule has 3 N–H and O–H groups in total. The van der Waals surface area contributed by atoms with Crippen molar-refractivity contribution in [3.63, 3.8) is 0 Å². The quantitative estimate of drug-likeness (QED) is 0.857. The minimum Gasteiger partial charge on any atom is -0.330 e. The third kappa shape index (κ3) is 3.19. The molecule has 8 heteroatoms. The summed E-state index contributed by atoms with van der Waals surface area (Å²) >= 11 is 1.30. The molecule has 2 heterocycles. The summed E-state index contributed by atoms with van der Waals surface area (Å²) in [7, 11) is -3.46. The molecule has 1 saturated heterocycles. The predicted molar refractivity (Wildman–Crippen MR) is 72.7 cm³/mol. The van der Waals surface area contributed by atoms with Crippen LogP contribution in [0.4, 0.5) is 5.13 Å². The average molecular weight is 290 g/mol. The van der Waals surface area contributed by atoms with Crippen molar-refractivity contribution >= 4 is 26.7 Å². The van der Waals surface area contributed by atoms with Gasteiger partial charge >= 0.3 is 10.2 Å². The fourth-order valence-corrected chi connectivity index (χ4v) is 4.09. The van der Waals surface area contributed by atoms with Gasteiger partial charge in [-0.15, -0.1) is 11.3 Å². The van der Waals surface area contributed by atoms with Crippen LogP contribution in [0.1, 0.15) is 18.5 Å². The van der Waals surface area contributed by atoms with Crippen molar-refractivity contribution in [2.75, 3.05) is 24.4 Å². The van der Waals surface area contributed by atoms with Crippen LogP contribution in [0.25, 0.3) is 0 Å². The highest BCUT2D eigenvalue weighted by molar-refractivity contribution is 7.90. The highest BCUT2D eigenvalue weighted by Crippen LogP contribution is 2.21. The third-order valence-corrected chi connectivity index (χ3v) is 5.58. The lowest BCUT2D eigenvalue weighted by Gasteiger charge is -2.30. The molecule has 0 saturated carbocycles. The molecule has 1 aliphatic heterocycles. The van der Waals surface area contributed by atoms with Crippen LogP contribution in [-0.2, 0) is 10.2 Å². The molecule has 0 spiro atoms. The molecule has 102 valence electrons. The number of nitrogens with two attached hydrogens (primary N) is 1. The molecule has 1 aromatic heterocycles. The molecule has 18 heavy (non-hydrogen) atoms. The number of rotatable bonds is 4. The number of hydrogen-bond donors (Lipinski definition) is 2. The SMILES string of the molecule is Cc1csc(NS(=O)(=O)N2CCC(CN)CC2)n1. The maximum Gasteiger partial charge on any atom is 0.303 e. The molecular weight excluding hydrogens is 272 g/mol. The van der Waals surface area contributed by atoms with Crippen LogP contribution in [0.5, 0.6) is 0 Å². The van der Waals surface area contributed by atoms with Crippen molar-refractivity contribution in [3.05, 3.63) is 11.1 Å². The summed E-state index contributed by atoms with van der Waals surface area (Å²) in [5.74, 6) is 0.443. The van der Waals surface area contributed by atoms with Crippen LogP contribution in [0, 0.1) is 12.8 Å². The number of hydrogen-bond acceptors (Lipinski definition) is 5. The van der Waals surface area contributed by atoms with Crippen molar-refractivity contribution in [2.24, 2.45) is 11.7 Å². The van der Waals surface area contributed by atoms with Gasteiger partial charge in [-0.25, -0.2) is 9.71 Å². The van der Waals surface area contributed by atoms with Gasteiger partial charge in [0, 0.05) is 18.5 Å². The van der Waals surface area contributed by atoms with Crippen molar-refractivity contribution in [1.82, 2.24) is 9.29 Å². The van der Waals surface area contributed by atoms with Gasteiger partial charge in [0.25, 0.3) is 0 Å². The Labute approximate surface area is 111 Å². The molecule has 1 fully saturated rings. The zero-order valence-corrected chi connectivity index (χ0v) is 11.9. The van der Waals surface area contributed by atoms with Crippen LogP contribution in [0.2, 0.25) is 0 Å². The fraction of sp³-hybridized carbons (Fsp3) is 0.700. The Morgan fingerprint density at radius 1 is 1.56 bits per heavy atom. The summed E-state index contributed by atoms with van der Waals surface area (Å²) < 4.78 is 28.2. The van der Waals surface area contributed by atoms with E-state index in [9.17, 15) is 8.42 Å². The van der Waals surface area contributed by atoms with Crippen LogP contribution in [0.3, 0.4) is 0 Å². The highest BCUT2D eigenvalue weighted by Gasteiger charge is 2.27. The van der Waals surface area contributed by atoms with Crippen LogP contribution in [-0.4, -0.2) is 37.3 Å². The lowest BCUT2D eigenvalue weighted by molar-refractivity contribution is 0.280. The molecule has 0 aromatic carbocycles. The van der Waals surface area contributed by atoms with Gasteiger partial charge in [-0.05, 0) is 32.2 Å². The first kappa shape index (κ1) is 13.7. The first-order valence-corrected chi connectivity index (χ1v) is 8.23. The second kappa shape index (κ2) is 5.52. The summed E-state index contributed by atoms with van der Waals surface area (Å²) in [5, 5.41) is 2.24. The highest BCUT2D eigenvalue weighted by atomic mass is 32.2. The zero-order valence-electron chi connectivity index (χ0n) is 10.3. The number of anilines is 1. The van der Waals surface area contributed by atoms with E-state index in [0.717, 1.165) is 18.5 Å². The van der Waals surface area contributed by atoms with E-state index in [0.29, 0.717) is 30.7 Å². The van der Waals surface area contributed by atoms with Crippen molar-refractivity contribution < 1.29 is 8.42 Å². The van der Waals surface area contributed by atoms with E-state index in [1.54, 1.807) is 0 Å². The number of piperidine rings is 1. The van der Waals surface area contributed by atoms with Gasteiger partial charge in [-0.2, -0.15) is 12.7 Å². The molecule has 2 rings (SSSR count). The maximum absolute atomic E-state index is 12.1. The standard InChI is InChI=1S/C10H18N4O2S2/c1-8-7-17-10(12-8)13-18(15,16)14-4-2-9(6-11)3-5-14/h7,9H,2-6,11H2,1H3,(H,12,13). The number of aryl methyl sites for hydroxylation is 1. The van der Waals surface area contributed by atoms with E-state index < -0.39 is 10.2 Å². The molecule has 0 radical (unpaired) electrons. The first-order chi connectivity index (χ1) is 8.51. The molecule has 0 unspecified atom stereocenters. The van der Waals surface area contributed by atoms with E-state index >= 15 is 0 Å². The van der Waals surface area contributed by atoms with Crippen molar-refractivity contribution in [2.45, 2.75) is 19.8 Å². The molecule has 0 amide bonds. The van der Waals surface area contributed by atoms with Crippen LogP contribution < -0.4 is 10.5 Å². The van der Waals surface area contributed by atoms with Gasteiger partial charge in [-0.3, -0.25) is 0 Å². The normalized spacial score (nSPS) is 19.0. The summed E-state index contributed by atoms with van der Waals surface area (Å²) in [6.45, 7) is 3.52. The molecule has 0 atom stereocenters. The van der Waals surface area contributed by atoms with E-state index in [1.165, 1.54) is 15.6 Å². The summed E-state index contributed by atoms with van der Waals surface area (Å²) in [4.78, 5) is 4.10. The van der Waals surface area contributed by atoms with Crippen molar-refractivity contribution in [1.29, 1.82) is 0 Å². The Morgan fingerprint density at radius 3 is 2.72 bits per heavy atom. The smallest absolute Gasteiger partial charge is 0.303 e. The summed E-state index contributed by atoms with van der Waals surface area (Å²) in [6.07, 6.45) is 1.66. The zero-order chi connectivity index (χ0) is 13.2. The first-order valence-electron chi connectivity index (χ1n) is 5.91. The average Bonchev–Trinajstić information content (AvgIpc) is 2.74. The van der Waals surface area contributed by atoms with Gasteiger partial charge in [0.2, 0.25) is 0 Å². The van der Waals surface area contributed by atoms with E-state index in [1.807, 2.05) is 12.3 Å². The molecule has 1 aliphatic rings. The minimum absolute atomic E-state index is 0.424. The number of nitrogens with one attached hydrogen (secondary N) is 1. The Balaban J connectivity index is 1.99. The van der Waals surface area contributed by atoms with E-state index in [-0.39, 0.29) is 0 Å². The second-order valence-corrected chi connectivity index (χ2v) is 7.01. The van der Waals surface area contributed by atoms with Gasteiger partial charge in [0.1, 0.15) is 0 Å². The number of aromatic nitrogens is 1. The molecular formula is C10H18N4O2S2. The molecule has 1 aromatic rings. The lowest BCUT2D eigenvalue weighted by Crippen LogP contribution is -2.42. The Kier molecular flexibility index (Phi) is 4.21. The Hall–Kier alpha value is -0.700. The van der Waals surface area contributed by atoms with Gasteiger partial charge in [0.05, 0.1) is 5.69 Å². The monoisotopic (exact) mass is 290 g/mol. The Morgan fingerprint density at radius 2 is 2.22 bits per heavy atom. The number of thiazole rings is 1. The summed E-state index contributed by atoms with van der Waals surface area (Å²) in [5.41, 5.74) is 6.41. The molecule has 0 bridgehead atoms. The van der Waals surface area contributed by atoms with Crippen molar-refractivity contribution in [3.8, 4) is 0 Å². The topological polar surface area (TPSA) is 88.3 Å². The van der Waals surface area contributed by atoms with Crippen LogP contribution in [0.15, 0.2) is 5.38 Å². The van der Waals surface area contributed by atoms with Gasteiger partial charge in [-0.1, -0.05) is 0 Å². The van der Waals surface area contributed by atoms with Gasteiger partial charge in [0.15, 0.2) is 5.13 Å². The second-order valence-electron chi connectivity index (χ2n) is 4.48. The van der Waals surface area contributed by atoms with Crippen LogP contribution >= 0.6 is 11.3 Å². The number of nitrogens with zero attached hydrogens (tertiary/aromatic N) is 2. The predicted octanol–water partition coefficient (Wildman–Crippen LogP) is 0.779. The molecule has 0 aliphatic carbocycles. The lowest BCUT2D eigenvalue weighted by atomic mass is 9.99. The Bertz CT molecular complexity index is 492. The fourth-order valence-electron chi connectivity index (χ4n) is 1.96. The minimum atomic E-state index is -3.46. The third-order valence-electron chi connectivity index (χ3n) is 3.08. The molecule has 6 nitrogen and oxygen atoms in total. The largest absolute Gasteiger partial charge is 0.330 e. The van der Waals surface area contributed by atoms with E-state index in [2.05, 4.69) is 9.71 Å². The van der Waals surface area contributed by atoms with Gasteiger partial charge < -0.3 is 5.73 Å². The summed E-state index contributed by atoms with van der Waals surface area (Å²) in [6, 6.07) is 0. The maximum atomic E-state index is 12.1. The van der Waals surface area contributed by atoms with E-state index in [4.69, 9.17) is 5.73 Å².